The van der Waals surface area contributed by atoms with Gasteiger partial charge >= 0.3 is 17.9 Å². The van der Waals surface area contributed by atoms with Crippen LogP contribution >= 0.6 is 0 Å². The van der Waals surface area contributed by atoms with Crippen LogP contribution < -0.4 is 0 Å². The molecule has 0 N–H and O–H groups in total. The Morgan fingerprint density at radius 3 is 0.711 bits per heavy atom. The van der Waals surface area contributed by atoms with Crippen molar-refractivity contribution in [1.29, 1.82) is 0 Å². The van der Waals surface area contributed by atoms with Crippen LogP contribution in [0.2, 0.25) is 0 Å². The zero-order valence-corrected chi connectivity index (χ0v) is 53.1. The van der Waals surface area contributed by atoms with E-state index >= 15 is 0 Å². The molecule has 0 radical (unpaired) electrons. The van der Waals surface area contributed by atoms with Crippen molar-refractivity contribution in [2.75, 3.05) is 13.2 Å². The van der Waals surface area contributed by atoms with Gasteiger partial charge < -0.3 is 14.2 Å². The summed E-state index contributed by atoms with van der Waals surface area (Å²) in [5.41, 5.74) is 0. The van der Waals surface area contributed by atoms with Crippen LogP contribution in [0.5, 0.6) is 0 Å². The molecule has 0 heterocycles. The molecule has 0 bridgehead atoms. The summed E-state index contributed by atoms with van der Waals surface area (Å²) in [5.74, 6) is -0.996. The van der Waals surface area contributed by atoms with Gasteiger partial charge in [-0.3, -0.25) is 14.4 Å². The first-order chi connectivity index (χ1) is 41.0. The lowest BCUT2D eigenvalue weighted by Gasteiger charge is -2.18. The molecule has 0 saturated heterocycles. The summed E-state index contributed by atoms with van der Waals surface area (Å²) >= 11 is 0. The third-order valence-electron chi connectivity index (χ3n) is 13.4. The second kappa shape index (κ2) is 69.0. The number of hydrogen-bond acceptors (Lipinski definition) is 6. The molecule has 0 rings (SSSR count). The largest absolute Gasteiger partial charge is 0.462 e. The van der Waals surface area contributed by atoms with Crippen LogP contribution in [0.1, 0.15) is 265 Å². The molecule has 83 heavy (non-hydrogen) atoms. The van der Waals surface area contributed by atoms with Crippen molar-refractivity contribution >= 4 is 17.9 Å². The van der Waals surface area contributed by atoms with E-state index in [0.717, 1.165) is 154 Å². The van der Waals surface area contributed by atoms with E-state index in [0.29, 0.717) is 25.7 Å². The average Bonchev–Trinajstić information content (AvgIpc) is 3.49. The first-order valence-corrected chi connectivity index (χ1v) is 33.3. The van der Waals surface area contributed by atoms with Gasteiger partial charge in [-0.05, 0) is 154 Å². The van der Waals surface area contributed by atoms with Crippen LogP contribution in [0.25, 0.3) is 0 Å². The minimum Gasteiger partial charge on any atom is -0.462 e. The van der Waals surface area contributed by atoms with Gasteiger partial charge in [-0.25, -0.2) is 0 Å². The zero-order valence-electron chi connectivity index (χ0n) is 53.1. The second-order valence-electron chi connectivity index (χ2n) is 21.2. The number of ether oxygens (including phenoxy) is 3. The SMILES string of the molecule is CC/C=C\C/C=C\C/C=C\C/C=C\C/C=C\C/C=C\C/C=C\CCCCCC(=O)OCC(COC(=O)CCCC/C=C\C/C=C\C/C=C\C/C=C\CC)OC(=O)CCCCCCCCCCCCCC/C=C\C/C=C\C/C=C\C/C=C\CC. The van der Waals surface area contributed by atoms with Crippen molar-refractivity contribution in [3.8, 4) is 0 Å². The van der Waals surface area contributed by atoms with Gasteiger partial charge in [-0.15, -0.1) is 0 Å². The predicted octanol–water partition coefficient (Wildman–Crippen LogP) is 23.2. The van der Waals surface area contributed by atoms with Gasteiger partial charge in [0.1, 0.15) is 13.2 Å². The van der Waals surface area contributed by atoms with Crippen molar-refractivity contribution in [3.05, 3.63) is 182 Å². The smallest absolute Gasteiger partial charge is 0.306 e. The molecule has 1 atom stereocenters. The van der Waals surface area contributed by atoms with Gasteiger partial charge in [0.2, 0.25) is 0 Å². The first kappa shape index (κ1) is 77.5. The van der Waals surface area contributed by atoms with Crippen molar-refractivity contribution in [1.82, 2.24) is 0 Å². The highest BCUT2D eigenvalue weighted by atomic mass is 16.6. The molecule has 464 valence electrons. The maximum Gasteiger partial charge on any atom is 0.306 e. The zero-order chi connectivity index (χ0) is 59.9. The maximum atomic E-state index is 13.0. The average molecular weight is 1140 g/mol. The van der Waals surface area contributed by atoms with Gasteiger partial charge in [0.05, 0.1) is 0 Å². The predicted molar refractivity (Wildman–Crippen MR) is 361 cm³/mol. The van der Waals surface area contributed by atoms with Gasteiger partial charge in [0, 0.05) is 19.3 Å². The molecule has 1 unspecified atom stereocenters. The van der Waals surface area contributed by atoms with Gasteiger partial charge in [0.25, 0.3) is 0 Å². The molecule has 0 aromatic heterocycles. The molecule has 0 aromatic carbocycles. The number of allylic oxidation sites excluding steroid dienone is 30. The van der Waals surface area contributed by atoms with Gasteiger partial charge in [-0.1, -0.05) is 274 Å². The molecule has 0 aliphatic rings. The molecule has 0 saturated carbocycles. The monoisotopic (exact) mass is 1140 g/mol. The Hall–Kier alpha value is -5.49. The lowest BCUT2D eigenvalue weighted by atomic mass is 10.0. The van der Waals surface area contributed by atoms with Crippen molar-refractivity contribution in [2.24, 2.45) is 0 Å². The third kappa shape index (κ3) is 67.2. The summed E-state index contributed by atoms with van der Waals surface area (Å²) < 4.78 is 16.9. The molecule has 0 aliphatic heterocycles. The minimum atomic E-state index is -0.823. The number of rotatable bonds is 58. The highest BCUT2D eigenvalue weighted by molar-refractivity contribution is 5.71. The number of carbonyl (C=O) groups is 3. The Bertz CT molecular complexity index is 1940. The topological polar surface area (TPSA) is 78.9 Å². The quantitative estimate of drug-likeness (QED) is 0.0261. The molecule has 0 spiro atoms. The summed E-state index contributed by atoms with van der Waals surface area (Å²) in [4.78, 5) is 38.4. The second-order valence-corrected chi connectivity index (χ2v) is 21.2. The molecule has 0 amide bonds. The fourth-order valence-electron chi connectivity index (χ4n) is 8.52. The Labute approximate surface area is 510 Å². The summed E-state index contributed by atoms with van der Waals surface area (Å²) in [5, 5.41) is 0. The van der Waals surface area contributed by atoms with Gasteiger partial charge in [0.15, 0.2) is 6.10 Å². The highest BCUT2D eigenvalue weighted by Crippen LogP contribution is 2.15. The standard InChI is InChI=1S/C77H120O6/c1-4-7-10-13-16-19-22-25-28-30-32-34-36-38-40-42-44-46-49-52-55-58-61-64-67-70-76(79)82-73-74(72-81-75(78)69-66-63-60-57-54-51-48-27-24-21-18-15-12-9-6-3)83-77(80)71-68-65-62-59-56-53-50-47-45-43-41-39-37-35-33-31-29-26-23-20-17-14-11-8-5-2/h7-12,16-21,25-29,32-35,38,40,44,46,48,52,54-55,57,74H,4-6,13-15,22-24,30-31,36-37,39,41-43,45,47,49-51,53,56,58-73H2,1-3H3/b10-7-,11-8-,12-9-,19-16-,20-17-,21-18-,28-25-,29-26-,34-32-,35-33-,40-38-,46-44-,48-27-,55-52-,57-54-. The number of esters is 3. The van der Waals surface area contributed by atoms with E-state index in [1.54, 1.807) is 0 Å². The molecular formula is C77H120O6. The number of carbonyl (C=O) groups excluding carboxylic acids is 3. The van der Waals surface area contributed by atoms with E-state index in [4.69, 9.17) is 14.2 Å². The molecule has 0 aliphatic carbocycles. The third-order valence-corrected chi connectivity index (χ3v) is 13.4. The Morgan fingerprint density at radius 1 is 0.241 bits per heavy atom. The van der Waals surface area contributed by atoms with Crippen LogP contribution in [0.15, 0.2) is 182 Å². The van der Waals surface area contributed by atoms with E-state index in [9.17, 15) is 14.4 Å². The van der Waals surface area contributed by atoms with Crippen LogP contribution in [0.4, 0.5) is 0 Å². The maximum absolute atomic E-state index is 13.0. The Kier molecular flexibility index (Phi) is 64.4. The Morgan fingerprint density at radius 2 is 0.434 bits per heavy atom. The number of hydrogen-bond donors (Lipinski definition) is 0. The molecule has 0 aromatic rings. The van der Waals surface area contributed by atoms with Crippen molar-refractivity contribution in [3.63, 3.8) is 0 Å². The van der Waals surface area contributed by atoms with E-state index in [1.807, 2.05) is 0 Å². The normalized spacial score (nSPS) is 13.3. The van der Waals surface area contributed by atoms with Crippen LogP contribution in [0, 0.1) is 0 Å². The summed E-state index contributed by atoms with van der Waals surface area (Å²) in [6, 6.07) is 0. The fraction of sp³-hybridized carbons (Fsp3) is 0.571. The van der Waals surface area contributed by atoms with E-state index < -0.39 is 6.10 Å². The molecule has 0 fully saturated rings. The summed E-state index contributed by atoms with van der Waals surface area (Å²) in [6.07, 6.45) is 103. The van der Waals surface area contributed by atoms with E-state index in [2.05, 4.69) is 203 Å². The summed E-state index contributed by atoms with van der Waals surface area (Å²) in [6.45, 7) is 6.23. The number of unbranched alkanes of at least 4 members (excludes halogenated alkanes) is 17. The van der Waals surface area contributed by atoms with Crippen LogP contribution in [-0.4, -0.2) is 37.2 Å². The lowest BCUT2D eigenvalue weighted by molar-refractivity contribution is -0.167. The van der Waals surface area contributed by atoms with E-state index in [-0.39, 0.29) is 31.1 Å². The molecule has 6 heteroatoms. The van der Waals surface area contributed by atoms with Gasteiger partial charge in [-0.2, -0.15) is 0 Å². The van der Waals surface area contributed by atoms with Crippen LogP contribution in [-0.2, 0) is 28.6 Å². The first-order valence-electron chi connectivity index (χ1n) is 33.3. The lowest BCUT2D eigenvalue weighted by Crippen LogP contribution is -2.30. The van der Waals surface area contributed by atoms with Crippen molar-refractivity contribution < 1.29 is 28.6 Å². The summed E-state index contributed by atoms with van der Waals surface area (Å²) in [7, 11) is 0. The molecular weight excluding hydrogens is 1020 g/mol. The fourth-order valence-corrected chi connectivity index (χ4v) is 8.52. The Balaban J connectivity index is 4.49. The van der Waals surface area contributed by atoms with Crippen LogP contribution in [0.3, 0.4) is 0 Å². The van der Waals surface area contributed by atoms with E-state index in [1.165, 1.54) is 64.2 Å². The highest BCUT2D eigenvalue weighted by Gasteiger charge is 2.19. The molecule has 6 nitrogen and oxygen atoms in total. The minimum absolute atomic E-state index is 0.118. The van der Waals surface area contributed by atoms with Crippen molar-refractivity contribution in [2.45, 2.75) is 271 Å².